The SMILES string of the molecule is CCc1cc(CC(NN)c2cccc(C)c2F)n(C)n1. The Morgan fingerprint density at radius 2 is 2.20 bits per heavy atom. The van der Waals surface area contributed by atoms with Crippen LogP contribution >= 0.6 is 0 Å². The van der Waals surface area contributed by atoms with Gasteiger partial charge in [-0.05, 0) is 25.0 Å². The molecule has 20 heavy (non-hydrogen) atoms. The minimum atomic E-state index is -0.269. The van der Waals surface area contributed by atoms with E-state index < -0.39 is 0 Å². The first-order valence-electron chi connectivity index (χ1n) is 6.79. The van der Waals surface area contributed by atoms with Gasteiger partial charge in [0.15, 0.2) is 0 Å². The van der Waals surface area contributed by atoms with E-state index in [0.29, 0.717) is 17.5 Å². The summed E-state index contributed by atoms with van der Waals surface area (Å²) in [5, 5.41) is 4.40. The van der Waals surface area contributed by atoms with Crippen molar-refractivity contribution < 1.29 is 4.39 Å². The Kier molecular flexibility index (Phi) is 4.52. The summed E-state index contributed by atoms with van der Waals surface area (Å²) in [6, 6.07) is 7.14. The van der Waals surface area contributed by atoms with Crippen LogP contribution in [0, 0.1) is 12.7 Å². The molecule has 2 aromatic rings. The Bertz CT molecular complexity index is 592. The molecule has 0 spiro atoms. The van der Waals surface area contributed by atoms with Crippen molar-refractivity contribution in [1.82, 2.24) is 15.2 Å². The molecule has 0 aliphatic rings. The molecule has 4 nitrogen and oxygen atoms in total. The van der Waals surface area contributed by atoms with Gasteiger partial charge in [-0.1, -0.05) is 25.1 Å². The summed E-state index contributed by atoms with van der Waals surface area (Å²) in [6.07, 6.45) is 1.48. The van der Waals surface area contributed by atoms with Crippen LogP contribution in [0.3, 0.4) is 0 Å². The van der Waals surface area contributed by atoms with E-state index in [-0.39, 0.29) is 11.9 Å². The minimum absolute atomic E-state index is 0.201. The van der Waals surface area contributed by atoms with E-state index in [4.69, 9.17) is 5.84 Å². The summed E-state index contributed by atoms with van der Waals surface area (Å²) < 4.78 is 16.0. The number of hydrogen-bond donors (Lipinski definition) is 2. The van der Waals surface area contributed by atoms with E-state index in [0.717, 1.165) is 17.8 Å². The van der Waals surface area contributed by atoms with Crippen molar-refractivity contribution in [2.75, 3.05) is 0 Å². The van der Waals surface area contributed by atoms with Crippen LogP contribution in [0.5, 0.6) is 0 Å². The molecule has 0 aliphatic carbocycles. The predicted molar refractivity (Wildman–Crippen MR) is 77.5 cm³/mol. The van der Waals surface area contributed by atoms with Crippen molar-refractivity contribution in [1.29, 1.82) is 0 Å². The first-order chi connectivity index (χ1) is 9.56. The first kappa shape index (κ1) is 14.7. The zero-order valence-electron chi connectivity index (χ0n) is 12.2. The average Bonchev–Trinajstić information content (AvgIpc) is 2.80. The Morgan fingerprint density at radius 1 is 1.45 bits per heavy atom. The van der Waals surface area contributed by atoms with Gasteiger partial charge in [-0.3, -0.25) is 16.0 Å². The molecule has 0 saturated carbocycles. The van der Waals surface area contributed by atoms with Crippen molar-refractivity contribution in [3.63, 3.8) is 0 Å². The number of nitrogens with two attached hydrogens (primary N) is 1. The van der Waals surface area contributed by atoms with Gasteiger partial charge in [0, 0.05) is 24.7 Å². The molecule has 1 unspecified atom stereocenters. The molecule has 1 aromatic heterocycles. The molecule has 0 fully saturated rings. The Morgan fingerprint density at radius 3 is 2.80 bits per heavy atom. The zero-order chi connectivity index (χ0) is 14.7. The van der Waals surface area contributed by atoms with Crippen LogP contribution < -0.4 is 11.3 Å². The molecule has 1 aromatic carbocycles. The molecule has 1 atom stereocenters. The van der Waals surface area contributed by atoms with Crippen molar-refractivity contribution >= 4 is 0 Å². The lowest BCUT2D eigenvalue weighted by Crippen LogP contribution is -2.31. The normalized spacial score (nSPS) is 12.7. The molecule has 0 bridgehead atoms. The summed E-state index contributed by atoms with van der Waals surface area (Å²) in [6.45, 7) is 3.82. The largest absolute Gasteiger partial charge is 0.272 e. The molecule has 1 heterocycles. The van der Waals surface area contributed by atoms with Gasteiger partial charge in [-0.25, -0.2) is 4.39 Å². The highest BCUT2D eigenvalue weighted by atomic mass is 19.1. The Labute approximate surface area is 118 Å². The molecule has 0 amide bonds. The van der Waals surface area contributed by atoms with Crippen molar-refractivity contribution in [2.45, 2.75) is 32.7 Å². The number of aryl methyl sites for hydroxylation is 3. The molecule has 0 saturated heterocycles. The summed E-state index contributed by atoms with van der Waals surface area (Å²) >= 11 is 0. The van der Waals surface area contributed by atoms with Gasteiger partial charge >= 0.3 is 0 Å². The van der Waals surface area contributed by atoms with Gasteiger partial charge in [-0.15, -0.1) is 0 Å². The van der Waals surface area contributed by atoms with Gasteiger partial charge in [0.05, 0.1) is 11.7 Å². The fourth-order valence-electron chi connectivity index (χ4n) is 2.34. The number of hydrogen-bond acceptors (Lipinski definition) is 3. The second-order valence-corrected chi connectivity index (χ2v) is 5.01. The smallest absolute Gasteiger partial charge is 0.130 e. The van der Waals surface area contributed by atoms with Crippen LogP contribution in [0.2, 0.25) is 0 Å². The molecular formula is C15H21FN4. The van der Waals surface area contributed by atoms with E-state index in [9.17, 15) is 4.39 Å². The topological polar surface area (TPSA) is 55.9 Å². The van der Waals surface area contributed by atoms with Crippen LogP contribution in [0.1, 0.15) is 35.5 Å². The van der Waals surface area contributed by atoms with Crippen molar-refractivity contribution in [2.24, 2.45) is 12.9 Å². The van der Waals surface area contributed by atoms with E-state index in [1.807, 2.05) is 23.9 Å². The van der Waals surface area contributed by atoms with E-state index in [2.05, 4.69) is 17.4 Å². The minimum Gasteiger partial charge on any atom is -0.272 e. The third-order valence-electron chi connectivity index (χ3n) is 3.60. The Balaban J connectivity index is 2.28. The van der Waals surface area contributed by atoms with Crippen LogP contribution in [0.25, 0.3) is 0 Å². The highest BCUT2D eigenvalue weighted by Gasteiger charge is 2.18. The number of nitrogens with one attached hydrogen (secondary N) is 1. The van der Waals surface area contributed by atoms with E-state index in [1.165, 1.54) is 0 Å². The maximum Gasteiger partial charge on any atom is 0.130 e. The lowest BCUT2D eigenvalue weighted by Gasteiger charge is -2.18. The molecule has 2 rings (SSSR count). The predicted octanol–water partition coefficient (Wildman–Crippen LogP) is 2.18. The third-order valence-corrected chi connectivity index (χ3v) is 3.60. The number of halogens is 1. The molecule has 0 aliphatic heterocycles. The van der Waals surface area contributed by atoms with Gasteiger partial charge in [0.1, 0.15) is 5.82 Å². The molecular weight excluding hydrogens is 255 g/mol. The van der Waals surface area contributed by atoms with Gasteiger partial charge in [0.2, 0.25) is 0 Å². The number of nitrogens with zero attached hydrogens (tertiary/aromatic N) is 2. The van der Waals surface area contributed by atoms with Crippen LogP contribution in [0.4, 0.5) is 4.39 Å². The van der Waals surface area contributed by atoms with Gasteiger partial charge < -0.3 is 0 Å². The summed E-state index contributed by atoms with van der Waals surface area (Å²) in [4.78, 5) is 0. The van der Waals surface area contributed by atoms with E-state index >= 15 is 0 Å². The third kappa shape index (κ3) is 2.89. The molecule has 3 N–H and O–H groups in total. The van der Waals surface area contributed by atoms with E-state index in [1.54, 1.807) is 19.1 Å². The van der Waals surface area contributed by atoms with Gasteiger partial charge in [0.25, 0.3) is 0 Å². The van der Waals surface area contributed by atoms with Crippen molar-refractivity contribution in [3.05, 3.63) is 52.6 Å². The van der Waals surface area contributed by atoms with Crippen LogP contribution in [0.15, 0.2) is 24.3 Å². The zero-order valence-corrected chi connectivity index (χ0v) is 12.2. The monoisotopic (exact) mass is 276 g/mol. The maximum atomic E-state index is 14.2. The van der Waals surface area contributed by atoms with Gasteiger partial charge in [-0.2, -0.15) is 5.10 Å². The second-order valence-electron chi connectivity index (χ2n) is 5.01. The summed E-state index contributed by atoms with van der Waals surface area (Å²) in [7, 11) is 1.90. The molecule has 108 valence electrons. The number of aromatic nitrogens is 2. The molecule has 5 heteroatoms. The quantitative estimate of drug-likeness (QED) is 0.650. The first-order valence-corrected chi connectivity index (χ1v) is 6.79. The van der Waals surface area contributed by atoms with Crippen LogP contribution in [-0.2, 0) is 19.9 Å². The second kappa shape index (κ2) is 6.15. The Hall–Kier alpha value is -1.72. The number of rotatable bonds is 5. The number of hydrazine groups is 1. The number of benzene rings is 1. The van der Waals surface area contributed by atoms with Crippen LogP contribution in [-0.4, -0.2) is 9.78 Å². The fraction of sp³-hybridized carbons (Fsp3) is 0.400. The van der Waals surface area contributed by atoms with Crippen molar-refractivity contribution in [3.8, 4) is 0 Å². The lowest BCUT2D eigenvalue weighted by molar-refractivity contribution is 0.495. The highest BCUT2D eigenvalue weighted by Crippen LogP contribution is 2.23. The summed E-state index contributed by atoms with van der Waals surface area (Å²) in [5.74, 6) is 5.41. The standard InChI is InChI=1S/C15H21FN4/c1-4-11-8-12(20(3)19-11)9-14(18-17)13-7-5-6-10(2)15(13)16/h5-8,14,18H,4,9,17H2,1-3H3. The highest BCUT2D eigenvalue weighted by molar-refractivity contribution is 5.28. The fourth-order valence-corrected chi connectivity index (χ4v) is 2.34. The summed E-state index contributed by atoms with van der Waals surface area (Å²) in [5.41, 5.74) is 5.99. The maximum absolute atomic E-state index is 14.2. The lowest BCUT2D eigenvalue weighted by atomic mass is 9.99. The average molecular weight is 276 g/mol. The molecule has 0 radical (unpaired) electrons.